The van der Waals surface area contributed by atoms with Crippen LogP contribution in [0.5, 0.6) is 0 Å². The minimum atomic E-state index is -0.382. The summed E-state index contributed by atoms with van der Waals surface area (Å²) in [7, 11) is 0. The lowest BCUT2D eigenvalue weighted by Crippen LogP contribution is -2.37. The number of nitriles is 1. The molecule has 0 aromatic carbocycles. The van der Waals surface area contributed by atoms with Gasteiger partial charge in [-0.05, 0) is 19.8 Å². The molecule has 1 fully saturated rings. The van der Waals surface area contributed by atoms with Crippen LogP contribution in [0, 0.1) is 11.3 Å². The zero-order valence-corrected chi connectivity index (χ0v) is 9.89. The number of nitrogens with one attached hydrogen (secondary N) is 1. The van der Waals surface area contributed by atoms with E-state index in [2.05, 4.69) is 10.3 Å². The molecule has 5 nitrogen and oxygen atoms in total. The number of nitrogens with zero attached hydrogens (tertiary/aromatic N) is 3. The molecule has 1 amide bonds. The zero-order chi connectivity index (χ0) is 12.3. The quantitative estimate of drug-likeness (QED) is 0.855. The fourth-order valence-corrected chi connectivity index (χ4v) is 2.23. The molecule has 2 rings (SSSR count). The van der Waals surface area contributed by atoms with Crippen LogP contribution in [-0.4, -0.2) is 21.5 Å². The highest BCUT2D eigenvalue weighted by atomic mass is 16.2. The molecule has 0 spiro atoms. The van der Waals surface area contributed by atoms with Crippen LogP contribution in [0.4, 0.5) is 0 Å². The van der Waals surface area contributed by atoms with Crippen molar-refractivity contribution < 1.29 is 4.79 Å². The Bertz CT molecular complexity index is 440. The van der Waals surface area contributed by atoms with Gasteiger partial charge in [0.15, 0.2) is 0 Å². The summed E-state index contributed by atoms with van der Waals surface area (Å²) < 4.78 is 1.60. The fraction of sp³-hybridized carbons (Fsp3) is 0.583. The number of rotatable bonds is 3. The van der Waals surface area contributed by atoms with E-state index in [1.54, 1.807) is 17.7 Å². The predicted octanol–water partition coefficient (Wildman–Crippen LogP) is 1.37. The molecule has 1 N–H and O–H groups in total. The van der Waals surface area contributed by atoms with Crippen LogP contribution in [0.1, 0.15) is 44.5 Å². The van der Waals surface area contributed by atoms with Crippen LogP contribution in [0.15, 0.2) is 12.4 Å². The van der Waals surface area contributed by atoms with Crippen molar-refractivity contribution in [2.45, 2.75) is 44.7 Å². The first-order valence-corrected chi connectivity index (χ1v) is 5.95. The molecule has 1 aliphatic rings. The highest BCUT2D eigenvalue weighted by Crippen LogP contribution is 2.19. The van der Waals surface area contributed by atoms with Crippen molar-refractivity contribution in [3.05, 3.63) is 18.2 Å². The Hall–Kier alpha value is -1.83. The molecule has 1 atom stereocenters. The standard InChI is InChI=1S/C12H16N4O/c1-9(16-7-6-14-11(16)8-13)12(17)15-10-4-2-3-5-10/h6-7,9-10H,2-5H2,1H3,(H,15,17). The van der Waals surface area contributed by atoms with Gasteiger partial charge in [0.1, 0.15) is 12.1 Å². The number of hydrogen-bond donors (Lipinski definition) is 1. The molecule has 90 valence electrons. The highest BCUT2D eigenvalue weighted by molar-refractivity contribution is 5.80. The predicted molar refractivity (Wildman–Crippen MR) is 62.1 cm³/mol. The third-order valence-electron chi connectivity index (χ3n) is 3.27. The number of carbonyl (C=O) groups is 1. The van der Waals surface area contributed by atoms with E-state index in [1.165, 1.54) is 19.0 Å². The highest BCUT2D eigenvalue weighted by Gasteiger charge is 2.22. The minimum Gasteiger partial charge on any atom is -0.352 e. The van der Waals surface area contributed by atoms with E-state index in [-0.39, 0.29) is 17.8 Å². The molecular formula is C12H16N4O. The normalized spacial score (nSPS) is 17.6. The van der Waals surface area contributed by atoms with Crippen molar-refractivity contribution in [1.29, 1.82) is 5.26 Å². The maximum Gasteiger partial charge on any atom is 0.243 e. The number of amides is 1. The Kier molecular flexibility index (Phi) is 3.43. The van der Waals surface area contributed by atoms with Gasteiger partial charge in [0.2, 0.25) is 11.7 Å². The lowest BCUT2D eigenvalue weighted by molar-refractivity contribution is -0.124. The van der Waals surface area contributed by atoms with E-state index in [9.17, 15) is 4.79 Å². The van der Waals surface area contributed by atoms with E-state index in [4.69, 9.17) is 5.26 Å². The lowest BCUT2D eigenvalue weighted by atomic mass is 10.2. The van der Waals surface area contributed by atoms with Crippen molar-refractivity contribution >= 4 is 5.91 Å². The summed E-state index contributed by atoms with van der Waals surface area (Å²) in [5.41, 5.74) is 0. The van der Waals surface area contributed by atoms with Crippen molar-refractivity contribution in [3.63, 3.8) is 0 Å². The third kappa shape index (κ3) is 2.47. The molecule has 0 saturated heterocycles. The van der Waals surface area contributed by atoms with Gasteiger partial charge >= 0.3 is 0 Å². The average molecular weight is 232 g/mol. The van der Waals surface area contributed by atoms with Gasteiger partial charge in [-0.1, -0.05) is 12.8 Å². The second kappa shape index (κ2) is 5.00. The van der Waals surface area contributed by atoms with Crippen molar-refractivity contribution in [1.82, 2.24) is 14.9 Å². The summed E-state index contributed by atoms with van der Waals surface area (Å²) in [5, 5.41) is 11.9. The fourth-order valence-electron chi connectivity index (χ4n) is 2.23. The summed E-state index contributed by atoms with van der Waals surface area (Å²) in [6.07, 6.45) is 7.71. The van der Waals surface area contributed by atoms with Crippen LogP contribution < -0.4 is 5.32 Å². The number of imidazole rings is 1. The van der Waals surface area contributed by atoms with Gasteiger partial charge in [-0.15, -0.1) is 0 Å². The van der Waals surface area contributed by atoms with Gasteiger partial charge in [0, 0.05) is 18.4 Å². The van der Waals surface area contributed by atoms with Crippen LogP contribution in [-0.2, 0) is 4.79 Å². The van der Waals surface area contributed by atoms with Gasteiger partial charge in [0.25, 0.3) is 0 Å². The smallest absolute Gasteiger partial charge is 0.243 e. The van der Waals surface area contributed by atoms with Crippen molar-refractivity contribution in [3.8, 4) is 6.07 Å². The molecule has 0 aliphatic heterocycles. The molecule has 0 bridgehead atoms. The molecule has 1 aromatic rings. The van der Waals surface area contributed by atoms with Gasteiger partial charge in [-0.25, -0.2) is 4.98 Å². The Labute approximate surface area is 100 Å². The zero-order valence-electron chi connectivity index (χ0n) is 9.89. The maximum atomic E-state index is 12.0. The molecule has 1 aliphatic carbocycles. The summed E-state index contributed by atoms with van der Waals surface area (Å²) in [5.74, 6) is 0.241. The van der Waals surface area contributed by atoms with E-state index in [0.717, 1.165) is 12.8 Å². The first-order valence-electron chi connectivity index (χ1n) is 5.95. The van der Waals surface area contributed by atoms with E-state index in [1.807, 2.05) is 6.07 Å². The van der Waals surface area contributed by atoms with Gasteiger partial charge in [-0.3, -0.25) is 4.79 Å². The Morgan fingerprint density at radius 3 is 3.00 bits per heavy atom. The molecule has 0 radical (unpaired) electrons. The Balaban J connectivity index is 2.02. The summed E-state index contributed by atoms with van der Waals surface area (Å²) in [4.78, 5) is 15.9. The number of carbonyl (C=O) groups excluding carboxylic acids is 1. The largest absolute Gasteiger partial charge is 0.352 e. The first-order chi connectivity index (χ1) is 8.22. The molecule has 1 unspecified atom stereocenters. The summed E-state index contributed by atoms with van der Waals surface area (Å²) in [6.45, 7) is 1.78. The van der Waals surface area contributed by atoms with E-state index < -0.39 is 0 Å². The van der Waals surface area contributed by atoms with Gasteiger partial charge in [0.05, 0.1) is 0 Å². The topological polar surface area (TPSA) is 70.7 Å². The van der Waals surface area contributed by atoms with Gasteiger partial charge < -0.3 is 9.88 Å². The SMILES string of the molecule is CC(C(=O)NC1CCCC1)n1ccnc1C#N. The first kappa shape index (κ1) is 11.6. The van der Waals surface area contributed by atoms with Crippen molar-refractivity contribution in [2.24, 2.45) is 0 Å². The Morgan fingerprint density at radius 1 is 1.65 bits per heavy atom. The molecule has 5 heteroatoms. The van der Waals surface area contributed by atoms with Crippen LogP contribution in [0.3, 0.4) is 0 Å². The number of aromatic nitrogens is 2. The monoisotopic (exact) mass is 232 g/mol. The molecule has 17 heavy (non-hydrogen) atoms. The molecule has 1 heterocycles. The lowest BCUT2D eigenvalue weighted by Gasteiger charge is -2.17. The molecule has 1 saturated carbocycles. The van der Waals surface area contributed by atoms with Crippen LogP contribution >= 0.6 is 0 Å². The van der Waals surface area contributed by atoms with Crippen molar-refractivity contribution in [2.75, 3.05) is 0 Å². The summed E-state index contributed by atoms with van der Waals surface area (Å²) in [6, 6.07) is 1.90. The third-order valence-corrected chi connectivity index (χ3v) is 3.27. The van der Waals surface area contributed by atoms with Crippen LogP contribution in [0.2, 0.25) is 0 Å². The molecular weight excluding hydrogens is 216 g/mol. The summed E-state index contributed by atoms with van der Waals surface area (Å²) >= 11 is 0. The minimum absolute atomic E-state index is 0.0357. The van der Waals surface area contributed by atoms with E-state index >= 15 is 0 Å². The average Bonchev–Trinajstić information content (AvgIpc) is 2.97. The Morgan fingerprint density at radius 2 is 2.35 bits per heavy atom. The number of hydrogen-bond acceptors (Lipinski definition) is 3. The van der Waals surface area contributed by atoms with Crippen LogP contribution in [0.25, 0.3) is 0 Å². The second-order valence-corrected chi connectivity index (χ2v) is 4.44. The molecule has 1 aromatic heterocycles. The van der Waals surface area contributed by atoms with E-state index in [0.29, 0.717) is 6.04 Å². The maximum absolute atomic E-state index is 12.0. The second-order valence-electron chi connectivity index (χ2n) is 4.44. The van der Waals surface area contributed by atoms with Gasteiger partial charge in [-0.2, -0.15) is 5.26 Å².